The zero-order valence-electron chi connectivity index (χ0n) is 16.5. The van der Waals surface area contributed by atoms with Gasteiger partial charge in [0.1, 0.15) is 0 Å². The number of carbonyl (C=O) groups is 1. The Balaban J connectivity index is 1.57. The van der Waals surface area contributed by atoms with Gasteiger partial charge in [-0.25, -0.2) is 0 Å². The van der Waals surface area contributed by atoms with Crippen LogP contribution in [0.2, 0.25) is 0 Å². The first-order valence-corrected chi connectivity index (χ1v) is 10.9. The molecule has 1 aromatic carbocycles. The Hall–Kier alpha value is -2.80. The van der Waals surface area contributed by atoms with Crippen molar-refractivity contribution in [2.45, 2.75) is 37.8 Å². The van der Waals surface area contributed by atoms with Gasteiger partial charge in [-0.3, -0.25) is 9.36 Å². The van der Waals surface area contributed by atoms with Gasteiger partial charge in [-0.15, -0.1) is 10.2 Å². The maximum absolute atomic E-state index is 12.9. The maximum Gasteiger partial charge on any atom is 0.237 e. The van der Waals surface area contributed by atoms with E-state index < -0.39 is 0 Å². The molecule has 0 fully saturated rings. The molecular formula is C22H24N4O2S. The van der Waals surface area contributed by atoms with E-state index in [4.69, 9.17) is 4.42 Å². The lowest BCUT2D eigenvalue weighted by atomic mass is 10.0. The number of benzene rings is 1. The lowest BCUT2D eigenvalue weighted by molar-refractivity contribution is -0.126. The first kappa shape index (κ1) is 19.5. The second kappa shape index (κ2) is 9.13. The van der Waals surface area contributed by atoms with E-state index in [9.17, 15) is 4.79 Å². The first-order valence-electron chi connectivity index (χ1n) is 9.95. The second-order valence-corrected chi connectivity index (χ2v) is 7.76. The Morgan fingerprint density at radius 2 is 2.03 bits per heavy atom. The number of allylic oxidation sites excluding steroid dienone is 2. The van der Waals surface area contributed by atoms with Crippen LogP contribution in [0.5, 0.6) is 0 Å². The molecule has 7 heteroatoms. The average molecular weight is 409 g/mol. The van der Waals surface area contributed by atoms with E-state index in [0.717, 1.165) is 30.6 Å². The summed E-state index contributed by atoms with van der Waals surface area (Å²) < 4.78 is 7.48. The number of aromatic nitrogens is 3. The number of para-hydroxylation sites is 1. The molecular weight excluding hydrogens is 384 g/mol. The number of hydrogen-bond acceptors (Lipinski definition) is 5. The molecule has 4 rings (SSSR count). The van der Waals surface area contributed by atoms with Gasteiger partial charge < -0.3 is 9.32 Å². The van der Waals surface area contributed by atoms with Gasteiger partial charge in [-0.2, -0.15) is 0 Å². The molecule has 1 amide bonds. The van der Waals surface area contributed by atoms with Gasteiger partial charge in [0, 0.05) is 17.9 Å². The van der Waals surface area contributed by atoms with Crippen LogP contribution < -0.4 is 0 Å². The third kappa shape index (κ3) is 4.29. The van der Waals surface area contributed by atoms with Crippen molar-refractivity contribution in [1.82, 2.24) is 19.7 Å². The van der Waals surface area contributed by atoms with Crippen molar-refractivity contribution in [2.24, 2.45) is 0 Å². The molecule has 29 heavy (non-hydrogen) atoms. The summed E-state index contributed by atoms with van der Waals surface area (Å²) in [4.78, 5) is 14.8. The first-order chi connectivity index (χ1) is 14.3. The highest BCUT2D eigenvalue weighted by molar-refractivity contribution is 7.99. The Bertz CT molecular complexity index is 980. The lowest BCUT2D eigenvalue weighted by Crippen LogP contribution is -2.32. The van der Waals surface area contributed by atoms with Crippen LogP contribution in [0.1, 0.15) is 32.6 Å². The largest absolute Gasteiger partial charge is 0.461 e. The number of furan rings is 1. The SMILES string of the molecule is CCN(C(=O)CSc1nnc(-c2ccco2)n1-c1ccccc1)C1=CCCCC1. The molecule has 0 atom stereocenters. The van der Waals surface area contributed by atoms with Crippen molar-refractivity contribution >= 4 is 17.7 Å². The van der Waals surface area contributed by atoms with Crippen LogP contribution in [0, 0.1) is 0 Å². The third-order valence-electron chi connectivity index (χ3n) is 4.95. The van der Waals surface area contributed by atoms with Gasteiger partial charge in [-0.05, 0) is 56.9 Å². The summed E-state index contributed by atoms with van der Waals surface area (Å²) in [5.41, 5.74) is 2.09. The quantitative estimate of drug-likeness (QED) is 0.519. The Morgan fingerprint density at radius 3 is 2.72 bits per heavy atom. The summed E-state index contributed by atoms with van der Waals surface area (Å²) in [5.74, 6) is 1.68. The Labute approximate surface area is 174 Å². The molecule has 0 bridgehead atoms. The molecule has 0 spiro atoms. The standard InChI is InChI=1S/C22H24N4O2S/c1-2-25(17-10-5-3-6-11-17)20(27)16-29-22-24-23-21(19-14-9-15-28-19)26(22)18-12-7-4-8-13-18/h4,7-10,12-15H,2-3,5-6,11,16H2,1H3. The summed E-state index contributed by atoms with van der Waals surface area (Å²) >= 11 is 1.41. The van der Waals surface area contributed by atoms with Crippen LogP contribution in [0.3, 0.4) is 0 Å². The smallest absolute Gasteiger partial charge is 0.237 e. The van der Waals surface area contributed by atoms with Crippen LogP contribution >= 0.6 is 11.8 Å². The van der Waals surface area contributed by atoms with Gasteiger partial charge in [0.15, 0.2) is 10.9 Å². The van der Waals surface area contributed by atoms with Gasteiger partial charge in [0.2, 0.25) is 11.7 Å². The molecule has 1 aliphatic rings. The number of nitrogens with zero attached hydrogens (tertiary/aromatic N) is 4. The van der Waals surface area contributed by atoms with Crippen LogP contribution in [-0.2, 0) is 4.79 Å². The predicted molar refractivity (Wildman–Crippen MR) is 114 cm³/mol. The van der Waals surface area contributed by atoms with E-state index in [0.29, 0.717) is 29.0 Å². The summed E-state index contributed by atoms with van der Waals surface area (Å²) in [5, 5.41) is 9.35. The van der Waals surface area contributed by atoms with E-state index in [2.05, 4.69) is 16.3 Å². The molecule has 0 aliphatic heterocycles. The van der Waals surface area contributed by atoms with E-state index >= 15 is 0 Å². The normalized spacial score (nSPS) is 13.9. The topological polar surface area (TPSA) is 64.2 Å². The monoisotopic (exact) mass is 408 g/mol. The van der Waals surface area contributed by atoms with Gasteiger partial charge in [-0.1, -0.05) is 36.0 Å². The minimum absolute atomic E-state index is 0.104. The molecule has 0 radical (unpaired) electrons. The van der Waals surface area contributed by atoms with Crippen LogP contribution in [-0.4, -0.2) is 37.9 Å². The number of hydrogen-bond donors (Lipinski definition) is 0. The van der Waals surface area contributed by atoms with E-state index in [1.807, 2.05) is 58.9 Å². The van der Waals surface area contributed by atoms with Crippen molar-refractivity contribution in [3.05, 3.63) is 60.5 Å². The summed E-state index contributed by atoms with van der Waals surface area (Å²) in [6.07, 6.45) is 8.22. The van der Waals surface area contributed by atoms with Crippen LogP contribution in [0.15, 0.2) is 70.1 Å². The number of amides is 1. The average Bonchev–Trinajstić information content (AvgIpc) is 3.44. The zero-order chi connectivity index (χ0) is 20.1. The second-order valence-electron chi connectivity index (χ2n) is 6.82. The maximum atomic E-state index is 12.9. The molecule has 150 valence electrons. The summed E-state index contributed by atoms with van der Waals surface area (Å²) in [7, 11) is 0. The minimum atomic E-state index is 0.104. The minimum Gasteiger partial charge on any atom is -0.461 e. The molecule has 2 aromatic heterocycles. The molecule has 0 saturated heterocycles. The van der Waals surface area contributed by atoms with Crippen LogP contribution in [0.4, 0.5) is 0 Å². The number of carbonyl (C=O) groups excluding carboxylic acids is 1. The summed E-state index contributed by atoms with van der Waals surface area (Å²) in [6, 6.07) is 13.6. The number of rotatable bonds is 7. The predicted octanol–water partition coefficient (Wildman–Crippen LogP) is 4.93. The van der Waals surface area contributed by atoms with Crippen molar-refractivity contribution in [2.75, 3.05) is 12.3 Å². The van der Waals surface area contributed by atoms with Crippen molar-refractivity contribution in [3.63, 3.8) is 0 Å². The third-order valence-corrected chi connectivity index (χ3v) is 5.86. The zero-order valence-corrected chi connectivity index (χ0v) is 17.3. The Morgan fingerprint density at radius 1 is 1.17 bits per heavy atom. The van der Waals surface area contributed by atoms with Gasteiger partial charge in [0.25, 0.3) is 0 Å². The fourth-order valence-corrected chi connectivity index (χ4v) is 4.38. The van der Waals surface area contributed by atoms with Crippen molar-refractivity contribution < 1.29 is 9.21 Å². The van der Waals surface area contributed by atoms with Gasteiger partial charge in [0.05, 0.1) is 12.0 Å². The molecule has 0 unspecified atom stereocenters. The number of thioether (sulfide) groups is 1. The summed E-state index contributed by atoms with van der Waals surface area (Å²) in [6.45, 7) is 2.72. The van der Waals surface area contributed by atoms with E-state index in [-0.39, 0.29) is 5.91 Å². The van der Waals surface area contributed by atoms with Crippen molar-refractivity contribution in [1.29, 1.82) is 0 Å². The Kier molecular flexibility index (Phi) is 6.14. The molecule has 2 heterocycles. The molecule has 0 saturated carbocycles. The molecule has 0 N–H and O–H groups in total. The highest BCUT2D eigenvalue weighted by atomic mass is 32.2. The lowest BCUT2D eigenvalue weighted by Gasteiger charge is -2.26. The highest BCUT2D eigenvalue weighted by Crippen LogP contribution is 2.29. The van der Waals surface area contributed by atoms with Crippen molar-refractivity contribution in [3.8, 4) is 17.3 Å². The van der Waals surface area contributed by atoms with E-state index in [1.165, 1.54) is 18.2 Å². The van der Waals surface area contributed by atoms with Crippen LogP contribution in [0.25, 0.3) is 17.3 Å². The fraction of sp³-hybridized carbons (Fsp3) is 0.318. The molecule has 3 aromatic rings. The highest BCUT2D eigenvalue weighted by Gasteiger charge is 2.22. The van der Waals surface area contributed by atoms with Gasteiger partial charge >= 0.3 is 0 Å². The molecule has 6 nitrogen and oxygen atoms in total. The van der Waals surface area contributed by atoms with E-state index in [1.54, 1.807) is 6.26 Å². The fourth-order valence-electron chi connectivity index (χ4n) is 3.55. The molecule has 1 aliphatic carbocycles.